The molecule has 1 aliphatic heterocycles. The Balaban J connectivity index is 1.73. The van der Waals surface area contributed by atoms with Gasteiger partial charge in [-0.25, -0.2) is 4.98 Å². The molecule has 164 valence electrons. The largest absolute Gasteiger partial charge is 0.466 e. The number of aromatic nitrogens is 2. The molecule has 1 atom stereocenters. The molecule has 1 N–H and O–H groups in total. The third kappa shape index (κ3) is 3.94. The van der Waals surface area contributed by atoms with Crippen LogP contribution in [0.5, 0.6) is 0 Å². The summed E-state index contributed by atoms with van der Waals surface area (Å²) >= 11 is 0. The molecule has 0 spiro atoms. The van der Waals surface area contributed by atoms with E-state index in [0.29, 0.717) is 28.1 Å². The molecule has 2 amide bonds. The minimum atomic E-state index is -0.602. The van der Waals surface area contributed by atoms with E-state index in [9.17, 15) is 9.59 Å². The minimum Gasteiger partial charge on any atom is -0.466 e. The number of carbonyl (C=O) groups is 2. The fourth-order valence-corrected chi connectivity index (χ4v) is 4.16. The van der Waals surface area contributed by atoms with Crippen LogP contribution in [0.2, 0.25) is 0 Å². The van der Waals surface area contributed by atoms with Crippen molar-refractivity contribution in [1.29, 1.82) is 0 Å². The fraction of sp³-hybridized carbons (Fsp3) is 0.478. The number of nitrogens with zero attached hydrogens (tertiary/aromatic N) is 3. The number of aryl methyl sites for hydroxylation is 3. The molecule has 0 aliphatic carbocycles. The monoisotopic (exact) mass is 424 g/mol. The van der Waals surface area contributed by atoms with Crippen LogP contribution in [0.4, 0.5) is 0 Å². The predicted molar refractivity (Wildman–Crippen MR) is 116 cm³/mol. The van der Waals surface area contributed by atoms with Crippen molar-refractivity contribution in [3.63, 3.8) is 0 Å². The summed E-state index contributed by atoms with van der Waals surface area (Å²) in [6.45, 7) is 10.8. The second-order valence-electron chi connectivity index (χ2n) is 8.56. The van der Waals surface area contributed by atoms with Crippen LogP contribution < -0.4 is 5.32 Å². The van der Waals surface area contributed by atoms with Gasteiger partial charge in [-0.3, -0.25) is 9.59 Å². The Morgan fingerprint density at radius 1 is 1.13 bits per heavy atom. The third-order valence-corrected chi connectivity index (χ3v) is 5.82. The van der Waals surface area contributed by atoms with Gasteiger partial charge in [-0.05, 0) is 51.7 Å². The molecule has 1 aliphatic rings. The molecule has 0 bridgehead atoms. The van der Waals surface area contributed by atoms with Gasteiger partial charge in [-0.2, -0.15) is 0 Å². The second kappa shape index (κ2) is 8.17. The zero-order valence-electron chi connectivity index (χ0n) is 18.6. The second-order valence-corrected chi connectivity index (χ2v) is 8.56. The topological polar surface area (TPSA) is 101 Å². The molecule has 31 heavy (non-hydrogen) atoms. The summed E-state index contributed by atoms with van der Waals surface area (Å²) in [5.41, 5.74) is 2.60. The van der Waals surface area contributed by atoms with Gasteiger partial charge in [-0.15, -0.1) is 0 Å². The number of hydrogen-bond acceptors (Lipinski definition) is 6. The van der Waals surface area contributed by atoms with Crippen molar-refractivity contribution in [1.82, 2.24) is 20.4 Å². The zero-order chi connectivity index (χ0) is 22.3. The van der Waals surface area contributed by atoms with E-state index in [-0.39, 0.29) is 23.4 Å². The number of nitrogens with one attached hydrogen (secondary N) is 1. The molecule has 1 fully saturated rings. The summed E-state index contributed by atoms with van der Waals surface area (Å²) in [6, 6.07) is 2.99. The Hall–Kier alpha value is -3.16. The molecular formula is C23H28N4O4. The van der Waals surface area contributed by atoms with Crippen LogP contribution >= 0.6 is 0 Å². The SMILES string of the molecule is Cc1cc(-c2cc(C(=O)N[C@H](C(=O)N3CCCC3)C(C)C)c3c(C)noc3n2)c(C)o1. The van der Waals surface area contributed by atoms with Gasteiger partial charge in [0.05, 0.1) is 22.3 Å². The number of furan rings is 1. The van der Waals surface area contributed by atoms with Crippen LogP contribution in [0.1, 0.15) is 54.3 Å². The van der Waals surface area contributed by atoms with Gasteiger partial charge in [-0.1, -0.05) is 19.0 Å². The summed E-state index contributed by atoms with van der Waals surface area (Å²) in [4.78, 5) is 32.8. The Labute approximate surface area is 181 Å². The summed E-state index contributed by atoms with van der Waals surface area (Å²) in [7, 11) is 0. The zero-order valence-corrected chi connectivity index (χ0v) is 18.6. The van der Waals surface area contributed by atoms with E-state index < -0.39 is 6.04 Å². The minimum absolute atomic E-state index is 0.0327. The third-order valence-electron chi connectivity index (χ3n) is 5.82. The van der Waals surface area contributed by atoms with Crippen molar-refractivity contribution < 1.29 is 18.5 Å². The maximum atomic E-state index is 13.4. The van der Waals surface area contributed by atoms with E-state index in [1.54, 1.807) is 13.0 Å². The van der Waals surface area contributed by atoms with E-state index in [2.05, 4.69) is 15.5 Å². The van der Waals surface area contributed by atoms with E-state index in [1.807, 2.05) is 38.7 Å². The lowest BCUT2D eigenvalue weighted by atomic mass is 10.0. The van der Waals surface area contributed by atoms with Crippen molar-refractivity contribution in [2.75, 3.05) is 13.1 Å². The lowest BCUT2D eigenvalue weighted by Crippen LogP contribution is -2.50. The molecule has 0 unspecified atom stereocenters. The molecule has 3 aromatic rings. The van der Waals surface area contributed by atoms with Crippen LogP contribution in [0.3, 0.4) is 0 Å². The Morgan fingerprint density at radius 2 is 1.84 bits per heavy atom. The van der Waals surface area contributed by atoms with E-state index in [1.165, 1.54) is 0 Å². The molecule has 4 rings (SSSR count). The first-order valence-corrected chi connectivity index (χ1v) is 10.7. The van der Waals surface area contributed by atoms with Gasteiger partial charge in [0.2, 0.25) is 5.91 Å². The van der Waals surface area contributed by atoms with E-state index in [0.717, 1.165) is 37.3 Å². The first-order chi connectivity index (χ1) is 14.8. The molecule has 4 heterocycles. The lowest BCUT2D eigenvalue weighted by Gasteiger charge is -2.26. The van der Waals surface area contributed by atoms with Crippen LogP contribution in [-0.2, 0) is 4.79 Å². The molecule has 8 heteroatoms. The molecule has 0 aromatic carbocycles. The average molecular weight is 425 g/mol. The highest BCUT2D eigenvalue weighted by molar-refractivity contribution is 6.08. The Kier molecular flexibility index (Phi) is 5.56. The van der Waals surface area contributed by atoms with Crippen molar-refractivity contribution in [2.45, 2.75) is 53.5 Å². The van der Waals surface area contributed by atoms with Crippen LogP contribution in [0, 0.1) is 26.7 Å². The molecule has 1 saturated heterocycles. The molecule has 3 aromatic heterocycles. The molecule has 0 radical (unpaired) electrons. The number of rotatable bonds is 5. The predicted octanol–water partition coefficient (Wildman–Crippen LogP) is 3.78. The fourth-order valence-electron chi connectivity index (χ4n) is 4.16. The molecular weight excluding hydrogens is 396 g/mol. The summed E-state index contributed by atoms with van der Waals surface area (Å²) in [5, 5.41) is 7.51. The maximum absolute atomic E-state index is 13.4. The van der Waals surface area contributed by atoms with Crippen LogP contribution in [0.15, 0.2) is 21.1 Å². The van der Waals surface area contributed by atoms with Gasteiger partial charge < -0.3 is 19.2 Å². The number of hydrogen-bond donors (Lipinski definition) is 1. The first kappa shape index (κ1) is 21.1. The Morgan fingerprint density at radius 3 is 2.45 bits per heavy atom. The lowest BCUT2D eigenvalue weighted by molar-refractivity contribution is -0.133. The average Bonchev–Trinajstić information content (AvgIpc) is 3.45. The number of fused-ring (bicyclic) bond motifs is 1. The standard InChI is InChI=1S/C23H28N4O4/c1-12(2)20(23(29)27-8-6-7-9-27)25-21(28)17-11-18(16-10-13(3)30-15(16)5)24-22-19(17)14(4)26-31-22/h10-12,20H,6-9H2,1-5H3,(H,25,28)/t20-/m0/s1. The van der Waals surface area contributed by atoms with Gasteiger partial charge in [0.15, 0.2) is 0 Å². The quantitative estimate of drug-likeness (QED) is 0.669. The van der Waals surface area contributed by atoms with Crippen molar-refractivity contribution in [3.8, 4) is 11.3 Å². The van der Waals surface area contributed by atoms with Gasteiger partial charge in [0.25, 0.3) is 11.6 Å². The van der Waals surface area contributed by atoms with Crippen molar-refractivity contribution >= 4 is 22.9 Å². The molecule has 8 nitrogen and oxygen atoms in total. The summed E-state index contributed by atoms with van der Waals surface area (Å²) in [5.74, 6) is 1.04. The normalized spacial score (nSPS) is 15.1. The smallest absolute Gasteiger partial charge is 0.259 e. The number of pyridine rings is 1. The van der Waals surface area contributed by atoms with E-state index >= 15 is 0 Å². The van der Waals surface area contributed by atoms with Crippen LogP contribution in [-0.4, -0.2) is 46.0 Å². The van der Waals surface area contributed by atoms with Crippen molar-refractivity contribution in [3.05, 3.63) is 34.9 Å². The number of amides is 2. The maximum Gasteiger partial charge on any atom is 0.259 e. The number of carbonyl (C=O) groups excluding carboxylic acids is 2. The first-order valence-electron chi connectivity index (χ1n) is 10.7. The highest BCUT2D eigenvalue weighted by Crippen LogP contribution is 2.30. The highest BCUT2D eigenvalue weighted by atomic mass is 16.5. The van der Waals surface area contributed by atoms with Gasteiger partial charge in [0, 0.05) is 18.7 Å². The molecule has 0 saturated carbocycles. The van der Waals surface area contributed by atoms with Gasteiger partial charge in [0.1, 0.15) is 17.6 Å². The highest BCUT2D eigenvalue weighted by Gasteiger charge is 2.31. The summed E-state index contributed by atoms with van der Waals surface area (Å²) < 4.78 is 11.0. The van der Waals surface area contributed by atoms with E-state index in [4.69, 9.17) is 8.94 Å². The summed E-state index contributed by atoms with van der Waals surface area (Å²) in [6.07, 6.45) is 2.00. The Bertz CT molecular complexity index is 1140. The van der Waals surface area contributed by atoms with Crippen molar-refractivity contribution in [2.24, 2.45) is 5.92 Å². The van der Waals surface area contributed by atoms with Gasteiger partial charge >= 0.3 is 0 Å². The number of likely N-dealkylation sites (tertiary alicyclic amines) is 1. The van der Waals surface area contributed by atoms with Crippen LogP contribution in [0.25, 0.3) is 22.4 Å².